The maximum atomic E-state index is 12.5. The van der Waals surface area contributed by atoms with Crippen LogP contribution in [0, 0.1) is 6.92 Å². The van der Waals surface area contributed by atoms with Crippen molar-refractivity contribution in [1.82, 2.24) is 15.2 Å². The Morgan fingerprint density at radius 2 is 2.00 bits per heavy atom. The van der Waals surface area contributed by atoms with Crippen molar-refractivity contribution >= 4 is 28.7 Å². The number of H-pyrrole nitrogens is 2. The summed E-state index contributed by atoms with van der Waals surface area (Å²) in [5.41, 5.74) is 5.98. The number of hydrogen-bond donors (Lipinski definition) is 3. The van der Waals surface area contributed by atoms with Crippen LogP contribution in [0.5, 0.6) is 5.88 Å². The molecule has 0 saturated carbocycles. The van der Waals surface area contributed by atoms with Crippen molar-refractivity contribution in [2.75, 3.05) is 6.54 Å². The molecule has 0 unspecified atom stereocenters. The minimum atomic E-state index is -0.00800. The molecule has 1 aliphatic heterocycles. The van der Waals surface area contributed by atoms with Crippen molar-refractivity contribution in [3.63, 3.8) is 0 Å². The normalized spacial score (nSPS) is 13.3. The van der Waals surface area contributed by atoms with E-state index in [9.17, 15) is 9.90 Å². The molecule has 7 nitrogen and oxygen atoms in total. The largest absolute Gasteiger partial charge is 0.494 e. The topological polar surface area (TPSA) is 106 Å². The fourth-order valence-electron chi connectivity index (χ4n) is 3.98. The van der Waals surface area contributed by atoms with Gasteiger partial charge in [-0.3, -0.25) is 14.9 Å². The van der Waals surface area contributed by atoms with Crippen molar-refractivity contribution in [3.05, 3.63) is 94.3 Å². The fraction of sp³-hybridized carbons (Fsp3) is 0.154. The lowest BCUT2D eigenvalue weighted by atomic mass is 9.99. The van der Waals surface area contributed by atoms with Crippen LogP contribution in [-0.4, -0.2) is 44.7 Å². The van der Waals surface area contributed by atoms with Crippen LogP contribution in [0.4, 0.5) is 0 Å². The number of aromatic nitrogens is 3. The first-order chi connectivity index (χ1) is 16.0. The third kappa shape index (κ3) is 4.52. The Morgan fingerprint density at radius 1 is 1.15 bits per heavy atom. The summed E-state index contributed by atoms with van der Waals surface area (Å²) >= 11 is 0. The van der Waals surface area contributed by atoms with Crippen LogP contribution in [0.2, 0.25) is 0 Å². The zero-order valence-corrected chi connectivity index (χ0v) is 18.2. The molecular weight excluding hydrogens is 414 g/mol. The molecule has 33 heavy (non-hydrogen) atoms. The third-order valence-corrected chi connectivity index (χ3v) is 5.59. The standard InChI is InChI=1S/C26H23N5O2/c1-16-10-23(31-30-16)24(32)14-18-5-2-4-17(11-18)12-19-7-8-22-20(13-19)21(26(33)29-22)15-28-25-6-3-9-27-25/h2-8,10-11,13,15,29,33H,9,12,14H2,1H3,(H,30,31). The summed E-state index contributed by atoms with van der Waals surface area (Å²) in [5.74, 6) is 0.727. The van der Waals surface area contributed by atoms with E-state index in [-0.39, 0.29) is 11.7 Å². The Bertz CT molecular complexity index is 1440. The van der Waals surface area contributed by atoms with Crippen LogP contribution in [0.1, 0.15) is 38.4 Å². The number of aliphatic imine (C=N–C) groups is 2. The third-order valence-electron chi connectivity index (χ3n) is 5.59. The van der Waals surface area contributed by atoms with Crippen molar-refractivity contribution < 1.29 is 9.90 Å². The number of benzene rings is 2. The van der Waals surface area contributed by atoms with E-state index in [1.807, 2.05) is 43.3 Å². The minimum Gasteiger partial charge on any atom is -0.494 e. The molecule has 3 N–H and O–H groups in total. The van der Waals surface area contributed by atoms with Crippen molar-refractivity contribution in [2.24, 2.45) is 9.98 Å². The molecule has 0 saturated heterocycles. The lowest BCUT2D eigenvalue weighted by Crippen LogP contribution is -2.04. The maximum Gasteiger partial charge on any atom is 0.198 e. The first kappa shape index (κ1) is 20.6. The second-order valence-corrected chi connectivity index (χ2v) is 8.16. The zero-order chi connectivity index (χ0) is 22.8. The molecule has 4 aromatic rings. The number of ketones is 1. The highest BCUT2D eigenvalue weighted by Crippen LogP contribution is 2.27. The first-order valence-corrected chi connectivity index (χ1v) is 10.8. The highest BCUT2D eigenvalue weighted by atomic mass is 16.3. The molecule has 0 amide bonds. The second kappa shape index (κ2) is 8.70. The zero-order valence-electron chi connectivity index (χ0n) is 18.2. The Morgan fingerprint density at radius 3 is 2.79 bits per heavy atom. The van der Waals surface area contributed by atoms with E-state index in [2.05, 4.69) is 43.4 Å². The maximum absolute atomic E-state index is 12.5. The number of aromatic amines is 2. The van der Waals surface area contributed by atoms with Crippen molar-refractivity contribution in [1.29, 1.82) is 0 Å². The van der Waals surface area contributed by atoms with Crippen LogP contribution in [0.3, 0.4) is 0 Å². The number of carbonyl (C=O) groups excluding carboxylic acids is 1. The lowest BCUT2D eigenvalue weighted by Gasteiger charge is -2.06. The van der Waals surface area contributed by atoms with E-state index in [4.69, 9.17) is 0 Å². The Balaban J connectivity index is 1.37. The van der Waals surface area contributed by atoms with Crippen LogP contribution >= 0.6 is 0 Å². The summed E-state index contributed by atoms with van der Waals surface area (Å²) in [5, 5.41) is 18.1. The predicted octanol–water partition coefficient (Wildman–Crippen LogP) is 4.31. The van der Waals surface area contributed by atoms with Gasteiger partial charge in [-0.25, -0.2) is 4.99 Å². The molecule has 0 atom stereocenters. The summed E-state index contributed by atoms with van der Waals surface area (Å²) in [4.78, 5) is 24.1. The molecule has 3 heterocycles. The summed E-state index contributed by atoms with van der Waals surface area (Å²) in [7, 11) is 0. The molecule has 7 heteroatoms. The number of nitrogens with zero attached hydrogens (tertiary/aromatic N) is 3. The number of aryl methyl sites for hydroxylation is 1. The van der Waals surface area contributed by atoms with E-state index < -0.39 is 0 Å². The number of fused-ring (bicyclic) bond motifs is 1. The SMILES string of the molecule is Cc1cc(C(=O)Cc2cccc(Cc3ccc4[nH]c(O)c(C=NC5=NCC=C5)c4c3)c2)n[nH]1. The van der Waals surface area contributed by atoms with E-state index in [1.54, 1.807) is 12.3 Å². The van der Waals surface area contributed by atoms with Gasteiger partial charge < -0.3 is 10.1 Å². The van der Waals surface area contributed by atoms with E-state index in [0.29, 0.717) is 36.5 Å². The van der Waals surface area contributed by atoms with E-state index >= 15 is 0 Å². The van der Waals surface area contributed by atoms with Crippen LogP contribution in [0.15, 0.2) is 70.7 Å². The van der Waals surface area contributed by atoms with Crippen molar-refractivity contribution in [2.45, 2.75) is 19.8 Å². The molecule has 0 bridgehead atoms. The quantitative estimate of drug-likeness (QED) is 0.309. The number of nitrogens with one attached hydrogen (secondary N) is 2. The average molecular weight is 438 g/mol. The smallest absolute Gasteiger partial charge is 0.198 e. The number of aromatic hydroxyl groups is 1. The van der Waals surface area contributed by atoms with Gasteiger partial charge in [-0.15, -0.1) is 0 Å². The minimum absolute atomic E-state index is 0.00800. The number of carbonyl (C=O) groups is 1. The van der Waals surface area contributed by atoms with Crippen LogP contribution in [-0.2, 0) is 12.8 Å². The average Bonchev–Trinajstić information content (AvgIpc) is 3.53. The highest BCUT2D eigenvalue weighted by molar-refractivity contribution is 6.08. The predicted molar refractivity (Wildman–Crippen MR) is 130 cm³/mol. The molecule has 0 radical (unpaired) electrons. The van der Waals surface area contributed by atoms with Gasteiger partial charge in [0.1, 0.15) is 11.5 Å². The van der Waals surface area contributed by atoms with Crippen LogP contribution < -0.4 is 0 Å². The van der Waals surface area contributed by atoms with Crippen molar-refractivity contribution in [3.8, 4) is 5.88 Å². The monoisotopic (exact) mass is 437 g/mol. The fourth-order valence-corrected chi connectivity index (χ4v) is 3.98. The summed E-state index contributed by atoms with van der Waals surface area (Å²) < 4.78 is 0. The highest BCUT2D eigenvalue weighted by Gasteiger charge is 2.12. The van der Waals surface area contributed by atoms with Gasteiger partial charge in [0.15, 0.2) is 11.7 Å². The number of hydrogen-bond acceptors (Lipinski definition) is 5. The van der Waals surface area contributed by atoms with Crippen LogP contribution in [0.25, 0.3) is 10.9 Å². The molecule has 0 fully saturated rings. The van der Waals surface area contributed by atoms with Gasteiger partial charge in [0.05, 0.1) is 12.1 Å². The Labute approximate surface area is 190 Å². The van der Waals surface area contributed by atoms with Gasteiger partial charge in [-0.05, 0) is 54.3 Å². The Kier molecular flexibility index (Phi) is 5.44. The molecule has 2 aromatic heterocycles. The number of amidine groups is 1. The van der Waals surface area contributed by atoms with Gasteiger partial charge in [0.25, 0.3) is 0 Å². The van der Waals surface area contributed by atoms with Gasteiger partial charge in [-0.1, -0.05) is 36.4 Å². The first-order valence-electron chi connectivity index (χ1n) is 10.8. The molecule has 164 valence electrons. The van der Waals surface area contributed by atoms with E-state index in [1.165, 1.54) is 0 Å². The van der Waals surface area contributed by atoms with Gasteiger partial charge in [-0.2, -0.15) is 5.10 Å². The van der Waals surface area contributed by atoms with Gasteiger partial charge in [0, 0.05) is 29.2 Å². The Hall–Kier alpha value is -4.26. The molecule has 2 aromatic carbocycles. The molecule has 0 spiro atoms. The summed E-state index contributed by atoms with van der Waals surface area (Å²) in [6.07, 6.45) is 6.46. The number of Topliss-reactive ketones (excluding diaryl/α,β-unsaturated/α-hetero) is 1. The molecule has 0 aliphatic carbocycles. The molecule has 1 aliphatic rings. The molecule has 5 rings (SSSR count). The van der Waals surface area contributed by atoms with E-state index in [0.717, 1.165) is 33.3 Å². The van der Waals surface area contributed by atoms with Gasteiger partial charge >= 0.3 is 0 Å². The van der Waals surface area contributed by atoms with Gasteiger partial charge in [0.2, 0.25) is 0 Å². The second-order valence-electron chi connectivity index (χ2n) is 8.16. The lowest BCUT2D eigenvalue weighted by molar-refractivity contribution is 0.0988. The summed E-state index contributed by atoms with van der Waals surface area (Å²) in [6.45, 7) is 2.52. The summed E-state index contributed by atoms with van der Waals surface area (Å²) in [6, 6.07) is 15.9. The number of rotatable bonds is 6. The molecular formula is C26H23N5O2.